The molecule has 0 heterocycles. The maximum Gasteiger partial charge on any atom is 0.303 e. The highest BCUT2D eigenvalue weighted by atomic mass is 16.4. The van der Waals surface area contributed by atoms with Crippen molar-refractivity contribution in [3.8, 4) is 0 Å². The van der Waals surface area contributed by atoms with E-state index in [1.165, 1.54) is 25.7 Å². The zero-order chi connectivity index (χ0) is 16.3. The molecule has 3 N–H and O–H groups in total. The average molecular weight is 311 g/mol. The third-order valence-corrected chi connectivity index (χ3v) is 5.13. The number of aliphatic carboxylic acids is 1. The van der Waals surface area contributed by atoms with E-state index in [-0.39, 0.29) is 11.3 Å². The molecule has 1 rings (SSSR count). The molecular formula is C18H33NO3. The quantitative estimate of drug-likeness (QED) is 0.438. The van der Waals surface area contributed by atoms with Gasteiger partial charge in [0.05, 0.1) is 0 Å². The summed E-state index contributed by atoms with van der Waals surface area (Å²) >= 11 is 0. The molecule has 0 spiro atoms. The van der Waals surface area contributed by atoms with Crippen LogP contribution in [0.4, 0.5) is 0 Å². The molecule has 4 nitrogen and oxygen atoms in total. The summed E-state index contributed by atoms with van der Waals surface area (Å²) in [6.45, 7) is 0. The summed E-state index contributed by atoms with van der Waals surface area (Å²) in [6, 6.07) is 0. The molecule has 0 bridgehead atoms. The van der Waals surface area contributed by atoms with Crippen molar-refractivity contribution in [2.45, 2.75) is 96.3 Å². The van der Waals surface area contributed by atoms with Gasteiger partial charge in [-0.3, -0.25) is 9.59 Å². The molecule has 0 saturated heterocycles. The lowest BCUT2D eigenvalue weighted by atomic mass is 9.75. The van der Waals surface area contributed by atoms with Crippen molar-refractivity contribution < 1.29 is 14.7 Å². The van der Waals surface area contributed by atoms with Crippen LogP contribution in [0, 0.1) is 5.41 Å². The summed E-state index contributed by atoms with van der Waals surface area (Å²) in [7, 11) is 0. The third-order valence-electron chi connectivity index (χ3n) is 5.13. The predicted molar refractivity (Wildman–Crippen MR) is 88.5 cm³/mol. The first-order chi connectivity index (χ1) is 10.6. The predicted octanol–water partition coefficient (Wildman–Crippen LogP) is 4.41. The van der Waals surface area contributed by atoms with Crippen molar-refractivity contribution in [2.24, 2.45) is 11.1 Å². The number of carboxylic acid groups (broad SMARTS) is 1. The molecular weight excluding hydrogens is 278 g/mol. The fourth-order valence-corrected chi connectivity index (χ4v) is 3.65. The molecule has 0 aromatic carbocycles. The lowest BCUT2D eigenvalue weighted by Gasteiger charge is -2.29. The fraction of sp³-hybridized carbons (Fsp3) is 0.889. The Morgan fingerprint density at radius 2 is 1.32 bits per heavy atom. The molecule has 0 aliphatic heterocycles. The van der Waals surface area contributed by atoms with Crippen LogP contribution in [-0.2, 0) is 9.59 Å². The number of amides is 1. The number of hydrogen-bond acceptors (Lipinski definition) is 2. The minimum absolute atomic E-state index is 0.0805. The largest absolute Gasteiger partial charge is 0.481 e. The van der Waals surface area contributed by atoms with Crippen LogP contribution in [0.1, 0.15) is 96.3 Å². The summed E-state index contributed by atoms with van der Waals surface area (Å²) in [5, 5.41) is 8.56. The second-order valence-electron chi connectivity index (χ2n) is 6.93. The number of unbranched alkanes of at least 4 members (excludes halogenated alkanes) is 6. The van der Waals surface area contributed by atoms with Gasteiger partial charge < -0.3 is 10.8 Å². The molecule has 128 valence electrons. The maximum absolute atomic E-state index is 11.9. The summed E-state index contributed by atoms with van der Waals surface area (Å²) in [5.74, 6) is -0.775. The minimum Gasteiger partial charge on any atom is -0.481 e. The molecule has 0 aromatic rings. The van der Waals surface area contributed by atoms with Gasteiger partial charge in [0.1, 0.15) is 0 Å². The van der Waals surface area contributed by atoms with Gasteiger partial charge in [-0.15, -0.1) is 0 Å². The van der Waals surface area contributed by atoms with Crippen LogP contribution in [0.15, 0.2) is 0 Å². The van der Waals surface area contributed by atoms with Crippen molar-refractivity contribution in [1.82, 2.24) is 0 Å². The monoisotopic (exact) mass is 311 g/mol. The average Bonchev–Trinajstić information content (AvgIpc) is 2.72. The summed E-state index contributed by atoms with van der Waals surface area (Å²) in [4.78, 5) is 22.3. The van der Waals surface area contributed by atoms with Gasteiger partial charge in [0, 0.05) is 11.8 Å². The van der Waals surface area contributed by atoms with E-state index >= 15 is 0 Å². The summed E-state index contributed by atoms with van der Waals surface area (Å²) in [5.41, 5.74) is 5.48. The highest BCUT2D eigenvalue weighted by Crippen LogP contribution is 2.39. The van der Waals surface area contributed by atoms with E-state index in [1.807, 2.05) is 0 Å². The molecule has 0 unspecified atom stereocenters. The van der Waals surface area contributed by atoms with Gasteiger partial charge in [-0.25, -0.2) is 0 Å². The van der Waals surface area contributed by atoms with Crippen molar-refractivity contribution >= 4 is 11.9 Å². The van der Waals surface area contributed by atoms with E-state index < -0.39 is 5.97 Å². The zero-order valence-electron chi connectivity index (χ0n) is 13.9. The molecule has 0 atom stereocenters. The van der Waals surface area contributed by atoms with Crippen LogP contribution in [0.25, 0.3) is 0 Å². The standard InChI is InChI=1S/C18H33NO3/c19-17(22)18(14-10-6-7-11-15-18)13-9-5-3-1-2-4-8-12-16(20)21/h1-15H2,(H2,19,22)(H,20,21). The number of carboxylic acids is 1. The fourth-order valence-electron chi connectivity index (χ4n) is 3.65. The van der Waals surface area contributed by atoms with Crippen molar-refractivity contribution in [3.63, 3.8) is 0 Å². The Morgan fingerprint density at radius 3 is 1.82 bits per heavy atom. The van der Waals surface area contributed by atoms with Gasteiger partial charge in [-0.2, -0.15) is 0 Å². The van der Waals surface area contributed by atoms with Gasteiger partial charge in [-0.1, -0.05) is 64.2 Å². The summed E-state index contributed by atoms with van der Waals surface area (Å²) < 4.78 is 0. The molecule has 1 amide bonds. The van der Waals surface area contributed by atoms with Crippen LogP contribution < -0.4 is 5.73 Å². The van der Waals surface area contributed by atoms with Crippen LogP contribution in [0.2, 0.25) is 0 Å². The number of carbonyl (C=O) groups excluding carboxylic acids is 1. The first-order valence-corrected chi connectivity index (χ1v) is 9.08. The first kappa shape index (κ1) is 19.0. The highest BCUT2D eigenvalue weighted by Gasteiger charge is 2.35. The molecule has 0 radical (unpaired) electrons. The van der Waals surface area contributed by atoms with E-state index in [1.54, 1.807) is 0 Å². The van der Waals surface area contributed by atoms with Crippen molar-refractivity contribution in [1.29, 1.82) is 0 Å². The van der Waals surface area contributed by atoms with Crippen LogP contribution >= 0.6 is 0 Å². The normalized spacial score (nSPS) is 17.8. The first-order valence-electron chi connectivity index (χ1n) is 9.08. The number of rotatable bonds is 11. The topological polar surface area (TPSA) is 80.4 Å². The second-order valence-corrected chi connectivity index (χ2v) is 6.93. The van der Waals surface area contributed by atoms with E-state index in [0.717, 1.165) is 64.2 Å². The number of carbonyl (C=O) groups is 2. The Balaban J connectivity index is 2.11. The molecule has 4 heteroatoms. The van der Waals surface area contributed by atoms with E-state index in [9.17, 15) is 9.59 Å². The lowest BCUT2D eigenvalue weighted by Crippen LogP contribution is -2.36. The van der Waals surface area contributed by atoms with Crippen LogP contribution in [0.3, 0.4) is 0 Å². The zero-order valence-corrected chi connectivity index (χ0v) is 13.9. The van der Waals surface area contributed by atoms with Gasteiger partial charge in [0.15, 0.2) is 0 Å². The smallest absolute Gasteiger partial charge is 0.303 e. The maximum atomic E-state index is 11.9. The van der Waals surface area contributed by atoms with Gasteiger partial charge in [0.25, 0.3) is 0 Å². The molecule has 1 aliphatic rings. The van der Waals surface area contributed by atoms with E-state index in [4.69, 9.17) is 10.8 Å². The number of hydrogen-bond donors (Lipinski definition) is 2. The van der Waals surface area contributed by atoms with Gasteiger partial charge in [-0.05, 0) is 25.7 Å². The Labute approximate surface area is 134 Å². The molecule has 1 fully saturated rings. The molecule has 1 aliphatic carbocycles. The molecule has 22 heavy (non-hydrogen) atoms. The Hall–Kier alpha value is -1.06. The SMILES string of the molecule is NC(=O)C1(CCCCCCCCCC(=O)O)CCCCCC1. The molecule has 0 aromatic heterocycles. The Morgan fingerprint density at radius 1 is 0.818 bits per heavy atom. The Kier molecular flexibility index (Phi) is 9.17. The Bertz CT molecular complexity index is 333. The van der Waals surface area contributed by atoms with Crippen molar-refractivity contribution in [3.05, 3.63) is 0 Å². The number of primary amides is 1. The highest BCUT2D eigenvalue weighted by molar-refractivity contribution is 5.80. The van der Waals surface area contributed by atoms with E-state index in [2.05, 4.69) is 0 Å². The van der Waals surface area contributed by atoms with Gasteiger partial charge >= 0.3 is 5.97 Å². The summed E-state index contributed by atoms with van der Waals surface area (Å²) in [6.07, 6.45) is 15.5. The third kappa shape index (κ3) is 7.28. The van der Waals surface area contributed by atoms with Crippen LogP contribution in [0.5, 0.6) is 0 Å². The second kappa shape index (κ2) is 10.6. The molecule has 1 saturated carbocycles. The lowest BCUT2D eigenvalue weighted by molar-refractivity contribution is -0.137. The van der Waals surface area contributed by atoms with Gasteiger partial charge in [0.2, 0.25) is 5.91 Å². The van der Waals surface area contributed by atoms with Crippen molar-refractivity contribution in [2.75, 3.05) is 0 Å². The minimum atomic E-state index is -0.694. The van der Waals surface area contributed by atoms with Crippen LogP contribution in [-0.4, -0.2) is 17.0 Å². The number of nitrogens with two attached hydrogens (primary N) is 1. The van der Waals surface area contributed by atoms with E-state index in [0.29, 0.717) is 6.42 Å².